The third-order valence-electron chi connectivity index (χ3n) is 1.84. The molecule has 0 atom stereocenters. The Labute approximate surface area is 73.4 Å². The maximum Gasteiger partial charge on any atom is 0.0361 e. The van der Waals surface area contributed by atoms with Crippen molar-refractivity contribution in [3.8, 4) is 0 Å². The summed E-state index contributed by atoms with van der Waals surface area (Å²) in [5.41, 5.74) is 2.29. The molecule has 0 radical (unpaired) electrons. The fourth-order valence-corrected chi connectivity index (χ4v) is 1.08. The van der Waals surface area contributed by atoms with Crippen molar-refractivity contribution in [1.29, 1.82) is 0 Å². The van der Waals surface area contributed by atoms with Gasteiger partial charge in [0.25, 0.3) is 0 Å². The van der Waals surface area contributed by atoms with Crippen LogP contribution in [0.3, 0.4) is 0 Å². The van der Waals surface area contributed by atoms with Gasteiger partial charge < -0.3 is 10.0 Å². The number of hydrogen-bond acceptors (Lipinski definition) is 2. The predicted octanol–water partition coefficient (Wildman–Crippen LogP) is 0.655. The third-order valence-corrected chi connectivity index (χ3v) is 1.84. The summed E-state index contributed by atoms with van der Waals surface area (Å²) in [4.78, 5) is 2.04. The number of nitrogens with zero attached hydrogens (tertiary/aromatic N) is 1. The van der Waals surface area contributed by atoms with E-state index in [0.717, 1.165) is 5.56 Å². The lowest BCUT2D eigenvalue weighted by Crippen LogP contribution is -2.10. The molecule has 0 amide bonds. The van der Waals surface area contributed by atoms with Crippen molar-refractivity contribution in [1.82, 2.24) is 0 Å². The van der Waals surface area contributed by atoms with Gasteiger partial charge in [-0.25, -0.2) is 0 Å². The Balaban J connectivity index is 2.71. The lowest BCUT2D eigenvalue weighted by atomic mass is 10.1. The summed E-state index contributed by atoms with van der Waals surface area (Å²) in [5.74, 6) is 0. The second-order valence-electron chi connectivity index (χ2n) is 3.01. The molecule has 0 aliphatic carbocycles. The van der Waals surface area contributed by atoms with Crippen LogP contribution in [0.25, 0.3) is 0 Å². The van der Waals surface area contributed by atoms with Gasteiger partial charge in [-0.1, -0.05) is 12.1 Å². The number of anilines is 1. The highest BCUT2D eigenvalue weighted by Crippen LogP contribution is 2.11. The van der Waals surface area contributed by atoms with E-state index in [9.17, 15) is 5.11 Å². The van der Waals surface area contributed by atoms with Crippen molar-refractivity contribution in [3.05, 3.63) is 29.8 Å². The normalized spacial score (nSPS) is 9.92. The van der Waals surface area contributed by atoms with Gasteiger partial charge in [0.2, 0.25) is 0 Å². The third kappa shape index (κ3) is 2.24. The standard InChI is InChI=1S/C10H14NO/c1-11(2)10-5-3-9(4-6-10)7-8-12/h3-6H,7-8H2,1-2H3/q-1. The Hall–Kier alpha value is -1.02. The maximum atomic E-state index is 10.3. The second kappa shape index (κ2) is 4.12. The van der Waals surface area contributed by atoms with Crippen LogP contribution < -0.4 is 10.0 Å². The minimum atomic E-state index is -0.0265. The summed E-state index contributed by atoms with van der Waals surface area (Å²) in [5, 5.41) is 10.3. The van der Waals surface area contributed by atoms with Crippen molar-refractivity contribution >= 4 is 5.69 Å². The topological polar surface area (TPSA) is 26.3 Å². The number of rotatable bonds is 3. The van der Waals surface area contributed by atoms with Crippen LogP contribution in [0.1, 0.15) is 5.56 Å². The summed E-state index contributed by atoms with van der Waals surface area (Å²) in [6.45, 7) is -0.0265. The van der Waals surface area contributed by atoms with E-state index in [2.05, 4.69) is 0 Å². The molecule has 0 spiro atoms. The molecule has 0 saturated heterocycles. The smallest absolute Gasteiger partial charge is 0.0361 e. The van der Waals surface area contributed by atoms with E-state index in [1.807, 2.05) is 43.3 Å². The van der Waals surface area contributed by atoms with Crippen molar-refractivity contribution in [3.63, 3.8) is 0 Å². The molecule has 0 aromatic heterocycles. The molecule has 2 nitrogen and oxygen atoms in total. The minimum absolute atomic E-state index is 0.0265. The molecule has 0 heterocycles. The lowest BCUT2D eigenvalue weighted by Gasteiger charge is -2.12. The Kier molecular flexibility index (Phi) is 3.11. The molecule has 0 aliphatic rings. The Morgan fingerprint density at radius 3 is 2.17 bits per heavy atom. The van der Waals surface area contributed by atoms with E-state index >= 15 is 0 Å². The quantitative estimate of drug-likeness (QED) is 0.656. The second-order valence-corrected chi connectivity index (χ2v) is 3.01. The van der Waals surface area contributed by atoms with Gasteiger partial charge >= 0.3 is 0 Å². The van der Waals surface area contributed by atoms with Gasteiger partial charge in [0.1, 0.15) is 0 Å². The monoisotopic (exact) mass is 164 g/mol. The summed E-state index contributed by atoms with van der Waals surface area (Å²) in [6, 6.07) is 8.08. The average molecular weight is 164 g/mol. The van der Waals surface area contributed by atoms with E-state index in [-0.39, 0.29) is 6.61 Å². The highest BCUT2D eigenvalue weighted by atomic mass is 16.2. The molecule has 0 aliphatic heterocycles. The van der Waals surface area contributed by atoms with E-state index in [4.69, 9.17) is 0 Å². The van der Waals surface area contributed by atoms with Crippen LogP contribution in [0, 0.1) is 0 Å². The summed E-state index contributed by atoms with van der Waals surface area (Å²) < 4.78 is 0. The molecular weight excluding hydrogens is 150 g/mol. The van der Waals surface area contributed by atoms with Crippen molar-refractivity contribution in [2.75, 3.05) is 25.6 Å². The van der Waals surface area contributed by atoms with Crippen molar-refractivity contribution in [2.45, 2.75) is 6.42 Å². The summed E-state index contributed by atoms with van der Waals surface area (Å²) >= 11 is 0. The van der Waals surface area contributed by atoms with Crippen LogP contribution in [-0.4, -0.2) is 20.7 Å². The van der Waals surface area contributed by atoms with Crippen LogP contribution in [-0.2, 0) is 6.42 Å². The van der Waals surface area contributed by atoms with Gasteiger partial charge in [-0.2, -0.15) is 0 Å². The molecular formula is C10H14NO-. The zero-order valence-corrected chi connectivity index (χ0v) is 7.58. The van der Waals surface area contributed by atoms with Crippen LogP contribution in [0.15, 0.2) is 24.3 Å². The first-order valence-electron chi connectivity index (χ1n) is 4.08. The van der Waals surface area contributed by atoms with E-state index in [1.54, 1.807) is 0 Å². The first-order valence-corrected chi connectivity index (χ1v) is 4.08. The summed E-state index contributed by atoms with van der Waals surface area (Å²) in [7, 11) is 4.01. The van der Waals surface area contributed by atoms with Crippen LogP contribution in [0.2, 0.25) is 0 Å². The van der Waals surface area contributed by atoms with Gasteiger partial charge in [-0.15, -0.1) is 6.61 Å². The fraction of sp³-hybridized carbons (Fsp3) is 0.400. The zero-order chi connectivity index (χ0) is 8.97. The van der Waals surface area contributed by atoms with Gasteiger partial charge in [-0.3, -0.25) is 0 Å². The highest BCUT2D eigenvalue weighted by Gasteiger charge is 1.93. The Morgan fingerprint density at radius 1 is 1.17 bits per heavy atom. The van der Waals surface area contributed by atoms with Crippen molar-refractivity contribution in [2.24, 2.45) is 0 Å². The highest BCUT2D eigenvalue weighted by molar-refractivity contribution is 5.45. The van der Waals surface area contributed by atoms with Crippen LogP contribution >= 0.6 is 0 Å². The maximum absolute atomic E-state index is 10.3. The van der Waals surface area contributed by atoms with E-state index < -0.39 is 0 Å². The largest absolute Gasteiger partial charge is 0.854 e. The number of hydrogen-bond donors (Lipinski definition) is 0. The molecule has 12 heavy (non-hydrogen) atoms. The molecule has 0 bridgehead atoms. The minimum Gasteiger partial charge on any atom is -0.854 e. The van der Waals surface area contributed by atoms with E-state index in [0.29, 0.717) is 6.42 Å². The van der Waals surface area contributed by atoms with Gasteiger partial charge in [0.05, 0.1) is 0 Å². The van der Waals surface area contributed by atoms with Gasteiger partial charge in [0, 0.05) is 19.8 Å². The molecule has 1 aromatic carbocycles. The lowest BCUT2D eigenvalue weighted by molar-refractivity contribution is -0.366. The van der Waals surface area contributed by atoms with Gasteiger partial charge in [0.15, 0.2) is 0 Å². The average Bonchev–Trinajstić information content (AvgIpc) is 2.06. The predicted molar refractivity (Wildman–Crippen MR) is 49.3 cm³/mol. The first kappa shape index (κ1) is 9.07. The van der Waals surface area contributed by atoms with E-state index in [1.165, 1.54) is 5.69 Å². The van der Waals surface area contributed by atoms with Gasteiger partial charge in [-0.05, 0) is 24.1 Å². The molecule has 1 rings (SSSR count). The molecule has 0 unspecified atom stereocenters. The Morgan fingerprint density at radius 2 is 1.75 bits per heavy atom. The van der Waals surface area contributed by atoms with Crippen LogP contribution in [0.4, 0.5) is 5.69 Å². The molecule has 2 heteroatoms. The molecule has 0 N–H and O–H groups in total. The van der Waals surface area contributed by atoms with Crippen LogP contribution in [0.5, 0.6) is 0 Å². The van der Waals surface area contributed by atoms with Crippen molar-refractivity contribution < 1.29 is 5.11 Å². The fourth-order valence-electron chi connectivity index (χ4n) is 1.08. The summed E-state index contributed by atoms with van der Waals surface area (Å²) in [6.07, 6.45) is 0.633. The number of benzene rings is 1. The first-order chi connectivity index (χ1) is 5.74. The Bertz CT molecular complexity index is 228. The molecule has 1 aromatic rings. The molecule has 66 valence electrons. The molecule has 0 fully saturated rings. The SMILES string of the molecule is CN(C)c1ccc(CC[O-])cc1. The zero-order valence-electron chi connectivity index (χ0n) is 7.58. The molecule has 0 saturated carbocycles.